The van der Waals surface area contributed by atoms with E-state index < -0.39 is 0 Å². The predicted molar refractivity (Wildman–Crippen MR) is 62.5 cm³/mol. The molecule has 1 N–H and O–H groups in total. The second-order valence-electron chi connectivity index (χ2n) is 3.14. The number of hydrogen-bond acceptors (Lipinski definition) is 4. The van der Waals surface area contributed by atoms with Gasteiger partial charge in [-0.05, 0) is 6.42 Å². The summed E-state index contributed by atoms with van der Waals surface area (Å²) in [6.07, 6.45) is 3.05. The van der Waals surface area contributed by atoms with E-state index in [1.54, 1.807) is 11.8 Å². The fourth-order valence-corrected chi connectivity index (χ4v) is 2.36. The molecule has 0 spiro atoms. The van der Waals surface area contributed by atoms with Gasteiger partial charge in [0.05, 0.1) is 6.61 Å². The molecule has 0 amide bonds. The van der Waals surface area contributed by atoms with E-state index in [2.05, 4.69) is 12.2 Å². The number of nitrogens with one attached hydrogen (secondary N) is 1. The van der Waals surface area contributed by atoms with Crippen molar-refractivity contribution in [3.05, 3.63) is 0 Å². The molecule has 1 fully saturated rings. The summed E-state index contributed by atoms with van der Waals surface area (Å²) < 4.78 is 5.53. The third-order valence-electron chi connectivity index (χ3n) is 1.96. The number of hydrogen-bond donors (Lipinski definition) is 1. The molecule has 0 aromatic carbocycles. The molecule has 1 rings (SSSR count). The number of esters is 1. The zero-order valence-electron chi connectivity index (χ0n) is 8.25. The van der Waals surface area contributed by atoms with Crippen molar-refractivity contribution in [3.63, 3.8) is 0 Å². The highest BCUT2D eigenvalue weighted by Gasteiger charge is 2.26. The monoisotopic (exact) mass is 233 g/mol. The number of thioether (sulfide) groups is 1. The topological polar surface area (TPSA) is 38.3 Å². The molecule has 5 heteroatoms. The second kappa shape index (κ2) is 6.24. The van der Waals surface area contributed by atoms with Crippen LogP contribution in [-0.4, -0.2) is 28.7 Å². The minimum atomic E-state index is -0.211. The summed E-state index contributed by atoms with van der Waals surface area (Å²) in [5.41, 5.74) is 0. The summed E-state index contributed by atoms with van der Waals surface area (Å²) in [4.78, 5) is 11.1. The summed E-state index contributed by atoms with van der Waals surface area (Å²) in [5, 5.41) is 3.01. The molecule has 3 nitrogen and oxygen atoms in total. The van der Waals surface area contributed by atoms with Crippen molar-refractivity contribution in [2.45, 2.75) is 32.2 Å². The third kappa shape index (κ3) is 3.84. The summed E-state index contributed by atoms with van der Waals surface area (Å²) in [6, 6.07) is -0.211. The zero-order chi connectivity index (χ0) is 10.4. The minimum Gasteiger partial charge on any atom is -0.464 e. The average Bonchev–Trinajstić information content (AvgIpc) is 2.52. The highest BCUT2D eigenvalue weighted by molar-refractivity contribution is 8.22. The highest BCUT2D eigenvalue weighted by Crippen LogP contribution is 2.10. The van der Waals surface area contributed by atoms with Crippen LogP contribution in [0.5, 0.6) is 0 Å². The maximum Gasteiger partial charge on any atom is 0.328 e. The summed E-state index contributed by atoms with van der Waals surface area (Å²) in [5.74, 6) is 0.841. The number of carbonyl (C=O) groups excluding carboxylic acids is 1. The van der Waals surface area contributed by atoms with Gasteiger partial charge in [0, 0.05) is 12.2 Å². The van der Waals surface area contributed by atoms with Gasteiger partial charge in [-0.1, -0.05) is 37.3 Å². The Hall–Kier alpha value is -0.290. The van der Waals surface area contributed by atoms with Crippen LogP contribution in [0.1, 0.15) is 26.2 Å². The first-order valence-corrected chi connectivity index (χ1v) is 6.23. The number of unbranched alkanes of at least 4 members (excludes halogenated alkanes) is 1. The second-order valence-corrected chi connectivity index (χ2v) is 4.91. The number of rotatable bonds is 4. The lowest BCUT2D eigenvalue weighted by molar-refractivity contribution is -0.139. The Labute approximate surface area is 94.0 Å². The van der Waals surface area contributed by atoms with Gasteiger partial charge in [0.25, 0.3) is 0 Å². The molecule has 1 aliphatic heterocycles. The molecule has 0 bridgehead atoms. The highest BCUT2D eigenvalue weighted by atomic mass is 32.2. The van der Waals surface area contributed by atoms with Crippen molar-refractivity contribution >= 4 is 34.3 Å². The van der Waals surface area contributed by atoms with Crippen molar-refractivity contribution in [3.8, 4) is 0 Å². The molecule has 1 heterocycles. The molecule has 1 aliphatic rings. The molecule has 0 aromatic heterocycles. The lowest BCUT2D eigenvalue weighted by Crippen LogP contribution is -2.35. The maximum absolute atomic E-state index is 11.1. The summed E-state index contributed by atoms with van der Waals surface area (Å²) >= 11 is 6.70. The van der Waals surface area contributed by atoms with Gasteiger partial charge >= 0.3 is 5.97 Å². The number of cyclic esters (lactones) is 1. The smallest absolute Gasteiger partial charge is 0.328 e. The Morgan fingerprint density at radius 3 is 3.14 bits per heavy atom. The van der Waals surface area contributed by atoms with E-state index >= 15 is 0 Å². The largest absolute Gasteiger partial charge is 0.464 e. The Bertz CT molecular complexity index is 221. The van der Waals surface area contributed by atoms with Crippen LogP contribution in [-0.2, 0) is 9.53 Å². The van der Waals surface area contributed by atoms with Crippen molar-refractivity contribution in [1.29, 1.82) is 0 Å². The van der Waals surface area contributed by atoms with Gasteiger partial charge in [-0.2, -0.15) is 0 Å². The standard InChI is InChI=1S/C9H15NO2S2/c1-2-3-6-14-9(13)10-7-4-5-12-8(7)11/h7H,2-6H2,1H3,(H,10,13)/t7-/m0/s1. The molecule has 0 aromatic rings. The van der Waals surface area contributed by atoms with E-state index in [-0.39, 0.29) is 12.0 Å². The molecule has 1 atom stereocenters. The van der Waals surface area contributed by atoms with Crippen molar-refractivity contribution in [1.82, 2.24) is 5.32 Å². The molecule has 0 radical (unpaired) electrons. The quantitative estimate of drug-likeness (QED) is 0.454. The molecule has 1 saturated heterocycles. The number of thiocarbonyl (C=S) groups is 1. The van der Waals surface area contributed by atoms with Gasteiger partial charge < -0.3 is 10.1 Å². The Kier molecular flexibility index (Phi) is 5.25. The Morgan fingerprint density at radius 2 is 2.57 bits per heavy atom. The van der Waals surface area contributed by atoms with E-state index in [0.717, 1.165) is 18.6 Å². The summed E-state index contributed by atoms with van der Waals surface area (Å²) in [6.45, 7) is 2.66. The Balaban J connectivity index is 2.16. The molecular weight excluding hydrogens is 218 g/mol. The van der Waals surface area contributed by atoms with Crippen LogP contribution in [0.3, 0.4) is 0 Å². The number of carbonyl (C=O) groups is 1. The van der Waals surface area contributed by atoms with Crippen molar-refractivity contribution in [2.24, 2.45) is 0 Å². The first kappa shape index (κ1) is 11.8. The summed E-state index contributed by atoms with van der Waals surface area (Å²) in [7, 11) is 0. The van der Waals surface area contributed by atoms with Crippen LogP contribution in [0.25, 0.3) is 0 Å². The molecule has 14 heavy (non-hydrogen) atoms. The lowest BCUT2D eigenvalue weighted by atomic mass is 10.3. The average molecular weight is 233 g/mol. The predicted octanol–water partition coefficient (Wildman–Crippen LogP) is 1.71. The van der Waals surface area contributed by atoms with Crippen LogP contribution < -0.4 is 5.32 Å². The maximum atomic E-state index is 11.1. The van der Waals surface area contributed by atoms with Crippen LogP contribution in [0, 0.1) is 0 Å². The van der Waals surface area contributed by atoms with E-state index in [1.807, 2.05) is 0 Å². The molecule has 80 valence electrons. The van der Waals surface area contributed by atoms with Gasteiger partial charge in [-0.3, -0.25) is 0 Å². The lowest BCUT2D eigenvalue weighted by Gasteiger charge is -2.10. The van der Waals surface area contributed by atoms with Gasteiger partial charge in [-0.15, -0.1) is 0 Å². The Morgan fingerprint density at radius 1 is 1.79 bits per heavy atom. The normalized spacial score (nSPS) is 20.6. The first-order chi connectivity index (χ1) is 6.74. The van der Waals surface area contributed by atoms with Gasteiger partial charge in [0.2, 0.25) is 0 Å². The van der Waals surface area contributed by atoms with E-state index in [9.17, 15) is 4.79 Å². The van der Waals surface area contributed by atoms with Crippen LogP contribution in [0.4, 0.5) is 0 Å². The van der Waals surface area contributed by atoms with E-state index in [0.29, 0.717) is 10.9 Å². The fourth-order valence-electron chi connectivity index (χ4n) is 1.12. The molecule has 0 saturated carbocycles. The molecular formula is C9H15NO2S2. The minimum absolute atomic E-state index is 0.177. The van der Waals surface area contributed by atoms with E-state index in [4.69, 9.17) is 17.0 Å². The van der Waals surface area contributed by atoms with Crippen LogP contribution in [0.2, 0.25) is 0 Å². The number of ether oxygens (including phenoxy) is 1. The van der Waals surface area contributed by atoms with Crippen LogP contribution in [0.15, 0.2) is 0 Å². The van der Waals surface area contributed by atoms with Crippen molar-refractivity contribution < 1.29 is 9.53 Å². The zero-order valence-corrected chi connectivity index (χ0v) is 9.88. The molecule has 0 aliphatic carbocycles. The SMILES string of the molecule is CCCCSC(=S)N[C@H]1CCOC1=O. The van der Waals surface area contributed by atoms with Gasteiger partial charge in [-0.25, -0.2) is 4.79 Å². The van der Waals surface area contributed by atoms with Crippen LogP contribution >= 0.6 is 24.0 Å². The first-order valence-electron chi connectivity index (χ1n) is 4.84. The van der Waals surface area contributed by atoms with Crippen molar-refractivity contribution in [2.75, 3.05) is 12.4 Å². The molecule has 0 unspecified atom stereocenters. The van der Waals surface area contributed by atoms with Gasteiger partial charge in [0.15, 0.2) is 0 Å². The fraction of sp³-hybridized carbons (Fsp3) is 0.778. The third-order valence-corrected chi connectivity index (χ3v) is 3.30. The van der Waals surface area contributed by atoms with E-state index in [1.165, 1.54) is 6.42 Å². The van der Waals surface area contributed by atoms with Gasteiger partial charge in [0.1, 0.15) is 10.4 Å².